The molecule has 0 aliphatic carbocycles. The smallest absolute Gasteiger partial charge is 0.0130 e. The van der Waals surface area contributed by atoms with E-state index in [1.54, 1.807) is 0 Å². The molecule has 0 heterocycles. The number of hydrogen-bond acceptors (Lipinski definition) is 2. The molecular formula is C19H40N2. The van der Waals surface area contributed by atoms with Gasteiger partial charge in [0, 0.05) is 5.54 Å². The maximum Gasteiger partial charge on any atom is 0.0130 e. The first kappa shape index (κ1) is 20.7. The fraction of sp³-hybridized carbons (Fsp3) is 0.895. The molecule has 0 aromatic rings. The maximum absolute atomic E-state index is 5.55. The van der Waals surface area contributed by atoms with Gasteiger partial charge in [-0.25, -0.2) is 0 Å². The molecule has 3 N–H and O–H groups in total. The minimum absolute atomic E-state index is 0.187. The van der Waals surface area contributed by atoms with Crippen molar-refractivity contribution in [3.63, 3.8) is 0 Å². The lowest BCUT2D eigenvalue weighted by atomic mass is 9.80. The molecule has 0 aromatic carbocycles. The second-order valence-electron chi connectivity index (χ2n) is 8.53. The van der Waals surface area contributed by atoms with Crippen LogP contribution in [0.15, 0.2) is 12.2 Å². The highest BCUT2D eigenvalue weighted by molar-refractivity contribution is 4.94. The van der Waals surface area contributed by atoms with E-state index in [2.05, 4.69) is 65.9 Å². The van der Waals surface area contributed by atoms with Crippen LogP contribution in [0.3, 0.4) is 0 Å². The number of allylic oxidation sites excluding steroid dienone is 2. The lowest BCUT2D eigenvalue weighted by Gasteiger charge is -2.29. The molecule has 0 amide bonds. The molecule has 0 fully saturated rings. The van der Waals surface area contributed by atoms with Crippen LogP contribution >= 0.6 is 0 Å². The Hall–Kier alpha value is -0.340. The number of rotatable bonds is 11. The summed E-state index contributed by atoms with van der Waals surface area (Å²) in [6.07, 6.45) is 9.47. The van der Waals surface area contributed by atoms with E-state index in [1.165, 1.54) is 19.3 Å². The van der Waals surface area contributed by atoms with Gasteiger partial charge >= 0.3 is 0 Å². The topological polar surface area (TPSA) is 38.0 Å². The lowest BCUT2D eigenvalue weighted by Crippen LogP contribution is -2.41. The molecule has 0 aromatic heterocycles. The predicted molar refractivity (Wildman–Crippen MR) is 96.5 cm³/mol. The monoisotopic (exact) mass is 296 g/mol. The zero-order chi connectivity index (χ0) is 16.5. The second-order valence-corrected chi connectivity index (χ2v) is 8.53. The standard InChI is InChI=1S/C19H40N2/c1-16(2)14-18(4,5)11-8-10-17(3)15-19(6,7)21-13-9-12-20/h8,10,16-17,21H,9,11-15,20H2,1-7H3/b10-8-. The van der Waals surface area contributed by atoms with E-state index in [0.29, 0.717) is 11.3 Å². The first-order chi connectivity index (χ1) is 9.58. The molecule has 2 nitrogen and oxygen atoms in total. The SMILES string of the molecule is CC(C)CC(C)(C)C/C=C\C(C)CC(C)(C)NCCCN. The normalized spacial score (nSPS) is 15.1. The third-order valence-electron chi connectivity index (χ3n) is 3.91. The van der Waals surface area contributed by atoms with Crippen LogP contribution in [0.5, 0.6) is 0 Å². The van der Waals surface area contributed by atoms with Crippen molar-refractivity contribution in [2.24, 2.45) is 23.0 Å². The summed E-state index contributed by atoms with van der Waals surface area (Å²) in [7, 11) is 0. The van der Waals surface area contributed by atoms with Crippen LogP contribution in [-0.4, -0.2) is 18.6 Å². The average Bonchev–Trinajstić information content (AvgIpc) is 2.25. The van der Waals surface area contributed by atoms with Crippen molar-refractivity contribution in [1.82, 2.24) is 5.32 Å². The van der Waals surface area contributed by atoms with Crippen LogP contribution < -0.4 is 11.1 Å². The summed E-state index contributed by atoms with van der Waals surface area (Å²) in [5.74, 6) is 1.39. The van der Waals surface area contributed by atoms with Crippen molar-refractivity contribution in [3.8, 4) is 0 Å². The highest BCUT2D eigenvalue weighted by atomic mass is 14.9. The summed E-state index contributed by atoms with van der Waals surface area (Å²) >= 11 is 0. The Morgan fingerprint density at radius 1 is 1.05 bits per heavy atom. The van der Waals surface area contributed by atoms with Crippen molar-refractivity contribution in [1.29, 1.82) is 0 Å². The van der Waals surface area contributed by atoms with Crippen molar-refractivity contribution < 1.29 is 0 Å². The quantitative estimate of drug-likeness (QED) is 0.426. The highest BCUT2D eigenvalue weighted by Crippen LogP contribution is 2.30. The zero-order valence-electron chi connectivity index (χ0n) is 15.6. The Labute approximate surface area is 134 Å². The van der Waals surface area contributed by atoms with Gasteiger partial charge in [-0.2, -0.15) is 0 Å². The molecule has 0 aliphatic heterocycles. The summed E-state index contributed by atoms with van der Waals surface area (Å²) in [5.41, 5.74) is 6.15. The first-order valence-corrected chi connectivity index (χ1v) is 8.70. The van der Waals surface area contributed by atoms with E-state index >= 15 is 0 Å². The van der Waals surface area contributed by atoms with Gasteiger partial charge < -0.3 is 11.1 Å². The molecule has 0 bridgehead atoms. The van der Waals surface area contributed by atoms with E-state index in [-0.39, 0.29) is 5.54 Å². The van der Waals surface area contributed by atoms with E-state index in [0.717, 1.165) is 25.4 Å². The lowest BCUT2D eigenvalue weighted by molar-refractivity contribution is 0.289. The fourth-order valence-electron chi connectivity index (χ4n) is 3.28. The first-order valence-electron chi connectivity index (χ1n) is 8.70. The van der Waals surface area contributed by atoms with Crippen LogP contribution in [0.1, 0.15) is 74.1 Å². The Bertz CT molecular complexity index is 290. The molecule has 2 heteroatoms. The molecule has 0 spiro atoms. The third kappa shape index (κ3) is 11.9. The minimum atomic E-state index is 0.187. The van der Waals surface area contributed by atoms with Crippen molar-refractivity contribution in [2.45, 2.75) is 79.7 Å². The molecule has 0 saturated carbocycles. The van der Waals surface area contributed by atoms with Crippen LogP contribution in [-0.2, 0) is 0 Å². The Kier molecular flexibility index (Phi) is 9.48. The van der Waals surface area contributed by atoms with Gasteiger partial charge in [0.1, 0.15) is 0 Å². The van der Waals surface area contributed by atoms with Gasteiger partial charge in [-0.05, 0) is 69.9 Å². The fourth-order valence-corrected chi connectivity index (χ4v) is 3.28. The molecule has 0 radical (unpaired) electrons. The van der Waals surface area contributed by atoms with Gasteiger partial charge in [-0.1, -0.05) is 46.8 Å². The highest BCUT2D eigenvalue weighted by Gasteiger charge is 2.20. The summed E-state index contributed by atoms with van der Waals surface area (Å²) in [4.78, 5) is 0. The van der Waals surface area contributed by atoms with Crippen LogP contribution in [0, 0.1) is 17.3 Å². The predicted octanol–water partition coefficient (Wildman–Crippen LogP) is 4.75. The molecule has 0 saturated heterocycles. The Balaban J connectivity index is 4.17. The average molecular weight is 297 g/mol. The summed E-state index contributed by atoms with van der Waals surface area (Å²) in [5, 5.41) is 3.61. The van der Waals surface area contributed by atoms with Crippen molar-refractivity contribution in [3.05, 3.63) is 12.2 Å². The van der Waals surface area contributed by atoms with Crippen LogP contribution in [0.2, 0.25) is 0 Å². The summed E-state index contributed by atoms with van der Waals surface area (Å²) in [6.45, 7) is 18.0. The molecule has 0 rings (SSSR count). The van der Waals surface area contributed by atoms with Gasteiger partial charge in [-0.15, -0.1) is 0 Å². The Morgan fingerprint density at radius 3 is 2.19 bits per heavy atom. The maximum atomic E-state index is 5.55. The second kappa shape index (κ2) is 9.63. The minimum Gasteiger partial charge on any atom is -0.330 e. The third-order valence-corrected chi connectivity index (χ3v) is 3.91. The van der Waals surface area contributed by atoms with Crippen LogP contribution in [0.25, 0.3) is 0 Å². The van der Waals surface area contributed by atoms with Crippen molar-refractivity contribution in [2.75, 3.05) is 13.1 Å². The summed E-state index contributed by atoms with van der Waals surface area (Å²) < 4.78 is 0. The van der Waals surface area contributed by atoms with E-state index in [4.69, 9.17) is 5.73 Å². The molecule has 126 valence electrons. The molecular weight excluding hydrogens is 256 g/mol. The van der Waals surface area contributed by atoms with Crippen molar-refractivity contribution >= 4 is 0 Å². The van der Waals surface area contributed by atoms with E-state index in [1.807, 2.05) is 0 Å². The Morgan fingerprint density at radius 2 is 1.67 bits per heavy atom. The van der Waals surface area contributed by atoms with Gasteiger partial charge in [0.25, 0.3) is 0 Å². The van der Waals surface area contributed by atoms with Gasteiger partial charge in [0.15, 0.2) is 0 Å². The largest absolute Gasteiger partial charge is 0.330 e. The van der Waals surface area contributed by atoms with Gasteiger partial charge in [0.2, 0.25) is 0 Å². The summed E-state index contributed by atoms with van der Waals surface area (Å²) in [6, 6.07) is 0. The van der Waals surface area contributed by atoms with E-state index in [9.17, 15) is 0 Å². The van der Waals surface area contributed by atoms with E-state index < -0.39 is 0 Å². The molecule has 1 atom stereocenters. The number of nitrogens with two attached hydrogens (primary N) is 1. The number of hydrogen-bond donors (Lipinski definition) is 2. The molecule has 0 aliphatic rings. The zero-order valence-corrected chi connectivity index (χ0v) is 15.6. The molecule has 21 heavy (non-hydrogen) atoms. The number of nitrogens with one attached hydrogen (secondary N) is 1. The van der Waals surface area contributed by atoms with Crippen LogP contribution in [0.4, 0.5) is 0 Å². The molecule has 1 unspecified atom stereocenters. The van der Waals surface area contributed by atoms with Gasteiger partial charge in [-0.3, -0.25) is 0 Å². The van der Waals surface area contributed by atoms with Gasteiger partial charge in [0.05, 0.1) is 0 Å².